The van der Waals surface area contributed by atoms with Gasteiger partial charge in [0, 0.05) is 17.1 Å². The number of thiol groups is 1. The number of benzene rings is 1. The van der Waals surface area contributed by atoms with Crippen LogP contribution in [-0.4, -0.2) is 29.1 Å². The van der Waals surface area contributed by atoms with Gasteiger partial charge in [0.15, 0.2) is 0 Å². The average molecular weight is 364 g/mol. The summed E-state index contributed by atoms with van der Waals surface area (Å²) in [4.78, 5) is 11.7. The molecule has 25 heavy (non-hydrogen) atoms. The third-order valence-corrected chi connectivity index (χ3v) is 4.66. The molecule has 0 amide bonds. The minimum atomic E-state index is -0.698. The zero-order chi connectivity index (χ0) is 20.4. The van der Waals surface area contributed by atoms with Crippen LogP contribution in [0.15, 0.2) is 18.2 Å². The zero-order valence-electron chi connectivity index (χ0n) is 17.6. The lowest BCUT2D eigenvalue weighted by molar-refractivity contribution is -0.121. The van der Waals surface area contributed by atoms with Gasteiger partial charge in [-0.15, -0.1) is 0 Å². The van der Waals surface area contributed by atoms with E-state index in [0.29, 0.717) is 6.42 Å². The highest BCUT2D eigenvalue weighted by atomic mass is 32.1. The molecule has 4 heteroatoms. The van der Waals surface area contributed by atoms with Crippen molar-refractivity contribution in [2.75, 3.05) is 0 Å². The number of aliphatic hydroxyl groups is 1. The number of hydrogen-bond acceptors (Lipinski definition) is 3. The Kier molecular flexibility index (Phi) is 12.5. The number of aryl methyl sites for hydroxylation is 1. The third-order valence-electron chi connectivity index (χ3n) is 4.12. The van der Waals surface area contributed by atoms with Crippen LogP contribution in [0, 0.1) is 5.92 Å². The van der Waals surface area contributed by atoms with Crippen molar-refractivity contribution in [3.05, 3.63) is 29.3 Å². The van der Waals surface area contributed by atoms with Crippen LogP contribution in [0.5, 0.6) is 0 Å². The SMILES string of the molecule is CC.CC(C)(O)C(C)(C)S.[B]c1ccc(CC)c(CC(=O)C(C)C)c1. The first kappa shape index (κ1) is 26.5. The molecule has 1 rings (SSSR count). The van der Waals surface area contributed by atoms with Crippen LogP contribution in [0.4, 0.5) is 0 Å². The maximum atomic E-state index is 11.7. The van der Waals surface area contributed by atoms with Gasteiger partial charge < -0.3 is 5.11 Å². The molecule has 142 valence electrons. The van der Waals surface area contributed by atoms with Gasteiger partial charge in [0.2, 0.25) is 0 Å². The van der Waals surface area contributed by atoms with Crippen molar-refractivity contribution in [2.24, 2.45) is 5.92 Å². The van der Waals surface area contributed by atoms with E-state index in [2.05, 4.69) is 19.6 Å². The van der Waals surface area contributed by atoms with Crippen LogP contribution < -0.4 is 5.46 Å². The van der Waals surface area contributed by atoms with Gasteiger partial charge in [-0.25, -0.2) is 0 Å². The zero-order valence-corrected chi connectivity index (χ0v) is 18.5. The molecular weight excluding hydrogens is 327 g/mol. The molecule has 0 aliphatic rings. The Labute approximate surface area is 162 Å². The van der Waals surface area contributed by atoms with Crippen molar-refractivity contribution in [1.82, 2.24) is 0 Å². The molecule has 1 aromatic rings. The number of carbonyl (C=O) groups is 1. The predicted octanol–water partition coefficient (Wildman–Crippen LogP) is 4.30. The number of ketones is 1. The lowest BCUT2D eigenvalue weighted by Gasteiger charge is -2.32. The van der Waals surface area contributed by atoms with Crippen LogP contribution in [0.25, 0.3) is 0 Å². The van der Waals surface area contributed by atoms with E-state index in [9.17, 15) is 9.90 Å². The van der Waals surface area contributed by atoms with Gasteiger partial charge in [-0.05, 0) is 45.2 Å². The number of hydrogen-bond donors (Lipinski definition) is 2. The monoisotopic (exact) mass is 364 g/mol. The van der Waals surface area contributed by atoms with E-state index in [1.54, 1.807) is 13.8 Å². The average Bonchev–Trinajstić information content (AvgIpc) is 2.48. The molecule has 0 aliphatic carbocycles. The van der Waals surface area contributed by atoms with E-state index >= 15 is 0 Å². The first-order valence-corrected chi connectivity index (χ1v) is 9.59. The first-order valence-electron chi connectivity index (χ1n) is 9.14. The highest BCUT2D eigenvalue weighted by molar-refractivity contribution is 7.81. The van der Waals surface area contributed by atoms with Crippen LogP contribution in [0.1, 0.15) is 73.4 Å². The summed E-state index contributed by atoms with van der Waals surface area (Å²) >= 11 is 4.19. The maximum absolute atomic E-state index is 11.7. The van der Waals surface area contributed by atoms with E-state index in [0.717, 1.165) is 17.4 Å². The molecule has 1 N–H and O–H groups in total. The van der Waals surface area contributed by atoms with Gasteiger partial charge in [-0.2, -0.15) is 12.6 Å². The maximum Gasteiger partial charge on any atom is 0.139 e. The minimum Gasteiger partial charge on any atom is -0.389 e. The van der Waals surface area contributed by atoms with Gasteiger partial charge in [0.1, 0.15) is 13.6 Å². The Hall–Kier alpha value is -0.735. The number of rotatable bonds is 5. The number of Topliss-reactive ketones (excluding diaryl/α,β-unsaturated/α-hetero) is 1. The summed E-state index contributed by atoms with van der Waals surface area (Å²) in [6.45, 7) is 17.2. The molecule has 0 bridgehead atoms. The molecule has 0 atom stereocenters. The fraction of sp³-hybridized carbons (Fsp3) is 0.667. The Morgan fingerprint density at radius 1 is 1.16 bits per heavy atom. The second-order valence-corrected chi connectivity index (χ2v) is 8.42. The summed E-state index contributed by atoms with van der Waals surface area (Å²) in [5, 5.41) is 9.28. The fourth-order valence-electron chi connectivity index (χ4n) is 1.55. The van der Waals surface area contributed by atoms with E-state index in [1.165, 1.54) is 5.56 Å². The van der Waals surface area contributed by atoms with Crippen molar-refractivity contribution in [2.45, 2.75) is 85.5 Å². The summed E-state index contributed by atoms with van der Waals surface area (Å²) in [6.07, 6.45) is 1.45. The summed E-state index contributed by atoms with van der Waals surface area (Å²) in [7, 11) is 5.72. The largest absolute Gasteiger partial charge is 0.389 e. The summed E-state index contributed by atoms with van der Waals surface area (Å²) < 4.78 is -0.312. The predicted molar refractivity (Wildman–Crippen MR) is 115 cm³/mol. The highest BCUT2D eigenvalue weighted by Crippen LogP contribution is 2.26. The second-order valence-electron chi connectivity index (χ2n) is 7.30. The Balaban J connectivity index is 0. The number of carbonyl (C=O) groups excluding carboxylic acids is 1. The fourth-order valence-corrected chi connectivity index (χ4v) is 1.55. The lowest BCUT2D eigenvalue weighted by Crippen LogP contribution is -2.40. The summed E-state index contributed by atoms with van der Waals surface area (Å²) in [5.74, 6) is 0.367. The van der Waals surface area contributed by atoms with E-state index in [4.69, 9.17) is 7.85 Å². The molecule has 2 radical (unpaired) electrons. The molecule has 1 aromatic carbocycles. The van der Waals surface area contributed by atoms with Crippen molar-refractivity contribution in [3.8, 4) is 0 Å². The Bertz CT molecular complexity index is 500. The van der Waals surface area contributed by atoms with Gasteiger partial charge >= 0.3 is 0 Å². The molecule has 0 heterocycles. The van der Waals surface area contributed by atoms with Crippen LogP contribution in [-0.2, 0) is 17.6 Å². The van der Waals surface area contributed by atoms with E-state index in [-0.39, 0.29) is 16.4 Å². The third kappa shape index (κ3) is 10.8. The standard InChI is InChI=1S/C13H17BO.C6H14OS.C2H6/c1-4-10-5-6-12(14)7-11(10)8-13(15)9(2)3;1-5(2,7)6(3,4)8;1-2/h5-7,9H,4,8H2,1-3H3;7-8H,1-4H3;1-2H3. The van der Waals surface area contributed by atoms with Gasteiger partial charge in [0.25, 0.3) is 0 Å². The van der Waals surface area contributed by atoms with Crippen molar-refractivity contribution in [1.29, 1.82) is 0 Å². The highest BCUT2D eigenvalue weighted by Gasteiger charge is 2.30. The molecule has 0 aromatic heterocycles. The van der Waals surface area contributed by atoms with Crippen LogP contribution in [0.2, 0.25) is 0 Å². The van der Waals surface area contributed by atoms with Crippen LogP contribution >= 0.6 is 12.6 Å². The van der Waals surface area contributed by atoms with E-state index < -0.39 is 5.60 Å². The minimum absolute atomic E-state index is 0.0936. The molecule has 0 unspecified atom stereocenters. The van der Waals surface area contributed by atoms with Gasteiger partial charge in [-0.3, -0.25) is 4.79 Å². The summed E-state index contributed by atoms with van der Waals surface area (Å²) in [5.41, 5.74) is 2.34. The van der Waals surface area contributed by atoms with Crippen molar-refractivity contribution >= 4 is 31.7 Å². The van der Waals surface area contributed by atoms with Gasteiger partial charge in [-0.1, -0.05) is 58.3 Å². The molecular formula is C21H37BO2S. The van der Waals surface area contributed by atoms with Gasteiger partial charge in [0.05, 0.1) is 5.60 Å². The lowest BCUT2D eigenvalue weighted by atomic mass is 9.88. The molecule has 0 saturated heterocycles. The quantitative estimate of drug-likeness (QED) is 0.604. The Morgan fingerprint density at radius 2 is 1.60 bits per heavy atom. The normalized spacial score (nSPS) is 11.2. The van der Waals surface area contributed by atoms with Crippen molar-refractivity contribution < 1.29 is 9.90 Å². The smallest absolute Gasteiger partial charge is 0.139 e. The molecule has 0 saturated carbocycles. The Morgan fingerprint density at radius 3 is 1.92 bits per heavy atom. The van der Waals surface area contributed by atoms with Crippen LogP contribution in [0.3, 0.4) is 0 Å². The molecule has 2 nitrogen and oxygen atoms in total. The van der Waals surface area contributed by atoms with Crippen molar-refractivity contribution in [3.63, 3.8) is 0 Å². The topological polar surface area (TPSA) is 37.3 Å². The molecule has 0 spiro atoms. The molecule has 0 fully saturated rings. The summed E-state index contributed by atoms with van der Waals surface area (Å²) in [6, 6.07) is 5.82. The molecule has 0 aliphatic heterocycles. The van der Waals surface area contributed by atoms with E-state index in [1.807, 2.05) is 59.7 Å². The first-order chi connectivity index (χ1) is 11.3. The second kappa shape index (κ2) is 11.8.